The Morgan fingerprint density at radius 2 is 2.44 bits per heavy atom. The molecule has 0 aliphatic heterocycles. The molecule has 5 heteroatoms. The van der Waals surface area contributed by atoms with E-state index in [1.54, 1.807) is 6.20 Å². The van der Waals surface area contributed by atoms with Crippen LogP contribution in [0, 0.1) is 0 Å². The highest BCUT2D eigenvalue weighted by atomic mass is 16.4. The molecule has 1 saturated carbocycles. The summed E-state index contributed by atoms with van der Waals surface area (Å²) in [6, 6.07) is 2.41. The molecule has 1 fully saturated rings. The fourth-order valence-electron chi connectivity index (χ4n) is 1.91. The van der Waals surface area contributed by atoms with Gasteiger partial charge in [-0.25, -0.2) is 0 Å². The minimum absolute atomic E-state index is 0.125. The van der Waals surface area contributed by atoms with Crippen molar-refractivity contribution in [2.24, 2.45) is 0 Å². The van der Waals surface area contributed by atoms with Crippen LogP contribution in [0.2, 0.25) is 0 Å². The molecule has 0 atom stereocenters. The Bertz CT molecular complexity index is 371. The van der Waals surface area contributed by atoms with Gasteiger partial charge in [-0.15, -0.1) is 0 Å². The van der Waals surface area contributed by atoms with E-state index in [1.807, 2.05) is 22.6 Å². The Morgan fingerprint density at radius 1 is 1.69 bits per heavy atom. The maximum absolute atomic E-state index is 10.8. The Kier molecular flexibility index (Phi) is 3.24. The second-order valence-corrected chi connectivity index (χ2v) is 4.17. The van der Waals surface area contributed by atoms with E-state index in [1.165, 1.54) is 0 Å². The SMILES string of the molecule is CCn1nccc1CN(CC(=O)O)C1CC1. The van der Waals surface area contributed by atoms with Crippen LogP contribution < -0.4 is 0 Å². The number of hydrogen-bond acceptors (Lipinski definition) is 3. The van der Waals surface area contributed by atoms with Crippen molar-refractivity contribution in [3.63, 3.8) is 0 Å². The summed E-state index contributed by atoms with van der Waals surface area (Å²) in [6.07, 6.45) is 4.01. The van der Waals surface area contributed by atoms with Gasteiger partial charge >= 0.3 is 5.97 Å². The maximum Gasteiger partial charge on any atom is 0.317 e. The van der Waals surface area contributed by atoms with Gasteiger partial charge in [-0.2, -0.15) is 5.10 Å². The minimum Gasteiger partial charge on any atom is -0.480 e. The zero-order chi connectivity index (χ0) is 11.5. The van der Waals surface area contributed by atoms with E-state index < -0.39 is 5.97 Å². The number of carboxylic acids is 1. The molecule has 5 nitrogen and oxygen atoms in total. The van der Waals surface area contributed by atoms with Gasteiger partial charge in [0, 0.05) is 25.3 Å². The Balaban J connectivity index is 2.02. The normalized spacial score (nSPS) is 15.6. The number of aryl methyl sites for hydroxylation is 1. The summed E-state index contributed by atoms with van der Waals surface area (Å²) in [4.78, 5) is 12.8. The van der Waals surface area contributed by atoms with E-state index in [4.69, 9.17) is 5.11 Å². The lowest BCUT2D eigenvalue weighted by atomic mass is 10.3. The Labute approximate surface area is 94.7 Å². The molecule has 0 amide bonds. The average Bonchev–Trinajstić information content (AvgIpc) is 2.98. The van der Waals surface area contributed by atoms with E-state index in [2.05, 4.69) is 5.10 Å². The summed E-state index contributed by atoms with van der Waals surface area (Å²) < 4.78 is 1.91. The molecule has 16 heavy (non-hydrogen) atoms. The van der Waals surface area contributed by atoms with E-state index in [-0.39, 0.29) is 6.54 Å². The number of aromatic nitrogens is 2. The van der Waals surface area contributed by atoms with Crippen LogP contribution in [0.15, 0.2) is 12.3 Å². The highest BCUT2D eigenvalue weighted by Crippen LogP contribution is 2.27. The molecular weight excluding hydrogens is 206 g/mol. The van der Waals surface area contributed by atoms with Crippen LogP contribution in [-0.2, 0) is 17.9 Å². The lowest BCUT2D eigenvalue weighted by Gasteiger charge is -2.19. The Hall–Kier alpha value is -1.36. The van der Waals surface area contributed by atoms with Crippen molar-refractivity contribution in [3.05, 3.63) is 18.0 Å². The second-order valence-electron chi connectivity index (χ2n) is 4.17. The molecule has 2 rings (SSSR count). The first kappa shape index (κ1) is 11.1. The molecule has 1 N–H and O–H groups in total. The molecule has 0 saturated heterocycles. The van der Waals surface area contributed by atoms with Crippen molar-refractivity contribution >= 4 is 5.97 Å². The molecule has 1 aliphatic rings. The third-order valence-electron chi connectivity index (χ3n) is 2.87. The highest BCUT2D eigenvalue weighted by molar-refractivity contribution is 5.69. The van der Waals surface area contributed by atoms with Crippen molar-refractivity contribution in [1.82, 2.24) is 14.7 Å². The van der Waals surface area contributed by atoms with E-state index >= 15 is 0 Å². The second kappa shape index (κ2) is 4.65. The predicted octanol–water partition coefficient (Wildman–Crippen LogP) is 0.952. The van der Waals surface area contributed by atoms with Crippen LogP contribution in [0.5, 0.6) is 0 Å². The van der Waals surface area contributed by atoms with Gasteiger partial charge in [-0.05, 0) is 25.8 Å². The molecule has 1 heterocycles. The third kappa shape index (κ3) is 2.61. The fraction of sp³-hybridized carbons (Fsp3) is 0.636. The van der Waals surface area contributed by atoms with Crippen molar-refractivity contribution < 1.29 is 9.90 Å². The predicted molar refractivity (Wildman–Crippen MR) is 59.0 cm³/mol. The van der Waals surface area contributed by atoms with Crippen LogP contribution in [0.4, 0.5) is 0 Å². The standard InChI is InChI=1S/C11H17N3O2/c1-2-14-10(5-6-12-14)7-13(8-11(15)16)9-3-4-9/h5-6,9H,2-4,7-8H2,1H3,(H,15,16). The number of hydrogen-bond donors (Lipinski definition) is 1. The largest absolute Gasteiger partial charge is 0.480 e. The number of nitrogens with zero attached hydrogens (tertiary/aromatic N) is 3. The molecule has 0 aromatic carbocycles. The van der Waals surface area contributed by atoms with E-state index in [0.717, 1.165) is 25.1 Å². The van der Waals surface area contributed by atoms with Crippen LogP contribution in [0.1, 0.15) is 25.5 Å². The van der Waals surface area contributed by atoms with Crippen LogP contribution in [-0.4, -0.2) is 38.3 Å². The first-order valence-electron chi connectivity index (χ1n) is 5.67. The lowest BCUT2D eigenvalue weighted by Crippen LogP contribution is -2.32. The van der Waals surface area contributed by atoms with Gasteiger partial charge in [0.05, 0.1) is 12.2 Å². The third-order valence-corrected chi connectivity index (χ3v) is 2.87. The summed E-state index contributed by atoms with van der Waals surface area (Å²) in [5.41, 5.74) is 1.09. The topological polar surface area (TPSA) is 58.4 Å². The van der Waals surface area contributed by atoms with Crippen LogP contribution in [0.25, 0.3) is 0 Å². The number of rotatable bonds is 6. The fourth-order valence-corrected chi connectivity index (χ4v) is 1.91. The summed E-state index contributed by atoms with van der Waals surface area (Å²) in [7, 11) is 0. The number of carboxylic acid groups (broad SMARTS) is 1. The van der Waals surface area contributed by atoms with Gasteiger partial charge in [0.25, 0.3) is 0 Å². The molecule has 0 spiro atoms. The molecular formula is C11H17N3O2. The maximum atomic E-state index is 10.8. The monoisotopic (exact) mass is 223 g/mol. The van der Waals surface area contributed by atoms with Crippen LogP contribution in [0.3, 0.4) is 0 Å². The molecule has 0 unspecified atom stereocenters. The van der Waals surface area contributed by atoms with E-state index in [0.29, 0.717) is 12.6 Å². The van der Waals surface area contributed by atoms with Gasteiger partial charge in [0.1, 0.15) is 0 Å². The van der Waals surface area contributed by atoms with Crippen molar-refractivity contribution in [2.45, 2.75) is 38.9 Å². The summed E-state index contributed by atoms with van der Waals surface area (Å²) in [5, 5.41) is 13.0. The molecule has 1 aliphatic carbocycles. The molecule has 1 aromatic rings. The smallest absolute Gasteiger partial charge is 0.317 e. The first-order valence-corrected chi connectivity index (χ1v) is 5.67. The summed E-state index contributed by atoms with van der Waals surface area (Å²) in [6.45, 7) is 3.67. The van der Waals surface area contributed by atoms with Gasteiger partial charge in [0.15, 0.2) is 0 Å². The molecule has 88 valence electrons. The molecule has 0 bridgehead atoms. The Morgan fingerprint density at radius 3 is 3.00 bits per heavy atom. The molecule has 1 aromatic heterocycles. The quantitative estimate of drug-likeness (QED) is 0.780. The average molecular weight is 223 g/mol. The van der Waals surface area contributed by atoms with Gasteiger partial charge in [-0.3, -0.25) is 14.4 Å². The first-order chi connectivity index (χ1) is 7.70. The van der Waals surface area contributed by atoms with Gasteiger partial charge in [-0.1, -0.05) is 0 Å². The number of carbonyl (C=O) groups is 1. The zero-order valence-corrected chi connectivity index (χ0v) is 9.46. The summed E-state index contributed by atoms with van der Waals surface area (Å²) in [5.74, 6) is -0.755. The van der Waals surface area contributed by atoms with E-state index in [9.17, 15) is 4.79 Å². The van der Waals surface area contributed by atoms with Crippen LogP contribution >= 0.6 is 0 Å². The minimum atomic E-state index is -0.755. The lowest BCUT2D eigenvalue weighted by molar-refractivity contribution is -0.138. The van der Waals surface area contributed by atoms with Crippen molar-refractivity contribution in [2.75, 3.05) is 6.54 Å². The number of aliphatic carboxylic acids is 1. The highest BCUT2D eigenvalue weighted by Gasteiger charge is 2.30. The van der Waals surface area contributed by atoms with Crippen molar-refractivity contribution in [3.8, 4) is 0 Å². The summed E-state index contributed by atoms with van der Waals surface area (Å²) >= 11 is 0. The van der Waals surface area contributed by atoms with Gasteiger partial charge in [0.2, 0.25) is 0 Å². The van der Waals surface area contributed by atoms with Gasteiger partial charge < -0.3 is 5.11 Å². The molecule has 0 radical (unpaired) electrons. The van der Waals surface area contributed by atoms with Crippen molar-refractivity contribution in [1.29, 1.82) is 0 Å². The zero-order valence-electron chi connectivity index (χ0n) is 9.46.